The molecule has 0 fully saturated rings. The number of benzene rings is 3. The van der Waals surface area contributed by atoms with Gasteiger partial charge in [0.25, 0.3) is 0 Å². The van der Waals surface area contributed by atoms with Crippen molar-refractivity contribution in [1.82, 2.24) is 19.9 Å². The summed E-state index contributed by atoms with van der Waals surface area (Å²) in [5.74, 6) is 0. The van der Waals surface area contributed by atoms with E-state index < -0.39 is 0 Å². The molecule has 0 bridgehead atoms. The van der Waals surface area contributed by atoms with Gasteiger partial charge in [-0.05, 0) is 35.9 Å². The van der Waals surface area contributed by atoms with E-state index in [4.69, 9.17) is 9.97 Å². The van der Waals surface area contributed by atoms with E-state index in [-0.39, 0.29) is 0 Å². The lowest BCUT2D eigenvalue weighted by molar-refractivity contribution is 1.21. The second-order valence-electron chi connectivity index (χ2n) is 6.46. The van der Waals surface area contributed by atoms with E-state index >= 15 is 0 Å². The fourth-order valence-electron chi connectivity index (χ4n) is 3.17. The van der Waals surface area contributed by atoms with Crippen LogP contribution in [0.1, 0.15) is 17.0 Å². The molecule has 132 valence electrons. The van der Waals surface area contributed by atoms with Crippen molar-refractivity contribution < 1.29 is 0 Å². The molecule has 4 nitrogen and oxygen atoms in total. The highest BCUT2D eigenvalue weighted by Crippen LogP contribution is 2.25. The van der Waals surface area contributed by atoms with Crippen LogP contribution in [-0.2, 0) is 0 Å². The van der Waals surface area contributed by atoms with Crippen molar-refractivity contribution in [3.05, 3.63) is 108 Å². The van der Waals surface area contributed by atoms with Gasteiger partial charge in [0.05, 0.1) is 45.8 Å². The first-order valence-corrected chi connectivity index (χ1v) is 9.08. The third-order valence-corrected chi connectivity index (χ3v) is 4.56. The Morgan fingerprint density at radius 2 is 1.00 bits per heavy atom. The SMILES string of the molecule is C(=C(c1cnc2ccccc2n1)c1cnc2ccccc2n1)c1ccccc1. The summed E-state index contributed by atoms with van der Waals surface area (Å²) in [6, 6.07) is 25.9. The molecule has 28 heavy (non-hydrogen) atoms. The van der Waals surface area contributed by atoms with Gasteiger partial charge in [0.1, 0.15) is 0 Å². The van der Waals surface area contributed by atoms with Gasteiger partial charge in [-0.1, -0.05) is 54.6 Å². The highest BCUT2D eigenvalue weighted by Gasteiger charge is 2.12. The first kappa shape index (κ1) is 16.3. The monoisotopic (exact) mass is 360 g/mol. The van der Waals surface area contributed by atoms with Crippen molar-refractivity contribution in [2.24, 2.45) is 0 Å². The van der Waals surface area contributed by atoms with Gasteiger partial charge >= 0.3 is 0 Å². The van der Waals surface area contributed by atoms with Gasteiger partial charge in [0, 0.05) is 5.57 Å². The number of hydrogen-bond donors (Lipinski definition) is 0. The Labute approximate surface area is 162 Å². The van der Waals surface area contributed by atoms with Crippen molar-refractivity contribution in [3.8, 4) is 0 Å². The zero-order valence-corrected chi connectivity index (χ0v) is 15.0. The fourth-order valence-corrected chi connectivity index (χ4v) is 3.17. The number of rotatable bonds is 3. The minimum absolute atomic E-state index is 0.770. The summed E-state index contributed by atoms with van der Waals surface area (Å²) in [4.78, 5) is 18.8. The van der Waals surface area contributed by atoms with E-state index in [1.807, 2.05) is 66.7 Å². The number of fused-ring (bicyclic) bond motifs is 2. The molecule has 0 saturated heterocycles. The Kier molecular flexibility index (Phi) is 4.07. The average Bonchev–Trinajstić information content (AvgIpc) is 2.77. The lowest BCUT2D eigenvalue weighted by Crippen LogP contribution is -1.98. The van der Waals surface area contributed by atoms with E-state index in [2.05, 4.69) is 28.2 Å². The minimum atomic E-state index is 0.770. The number of nitrogens with zero attached hydrogens (tertiary/aromatic N) is 4. The Bertz CT molecular complexity index is 1230. The normalized spacial score (nSPS) is 10.9. The predicted octanol–water partition coefficient (Wildman–Crippen LogP) is 5.16. The molecule has 2 heterocycles. The first-order valence-electron chi connectivity index (χ1n) is 9.08. The topological polar surface area (TPSA) is 51.6 Å². The third kappa shape index (κ3) is 3.12. The number of aromatic nitrogens is 4. The molecule has 0 aliphatic rings. The van der Waals surface area contributed by atoms with Crippen LogP contribution in [0.2, 0.25) is 0 Å². The van der Waals surface area contributed by atoms with Gasteiger partial charge in [0.15, 0.2) is 0 Å². The van der Waals surface area contributed by atoms with Crippen LogP contribution in [-0.4, -0.2) is 19.9 Å². The molecule has 0 atom stereocenters. The summed E-state index contributed by atoms with van der Waals surface area (Å²) >= 11 is 0. The fraction of sp³-hybridized carbons (Fsp3) is 0. The van der Waals surface area contributed by atoms with Crippen LogP contribution in [0.25, 0.3) is 33.7 Å². The second kappa shape index (κ2) is 7.00. The Morgan fingerprint density at radius 3 is 1.54 bits per heavy atom. The molecule has 0 unspecified atom stereocenters. The van der Waals surface area contributed by atoms with E-state index in [0.29, 0.717) is 0 Å². The molecule has 0 spiro atoms. The van der Waals surface area contributed by atoms with Crippen LogP contribution in [0.3, 0.4) is 0 Å². The number of para-hydroxylation sites is 4. The zero-order chi connectivity index (χ0) is 18.8. The second-order valence-corrected chi connectivity index (χ2v) is 6.46. The Balaban J connectivity index is 1.72. The van der Waals surface area contributed by atoms with Crippen molar-refractivity contribution >= 4 is 33.7 Å². The van der Waals surface area contributed by atoms with Gasteiger partial charge in [-0.25, -0.2) is 9.97 Å². The molecule has 2 aromatic heterocycles. The van der Waals surface area contributed by atoms with Crippen molar-refractivity contribution in [1.29, 1.82) is 0 Å². The summed E-state index contributed by atoms with van der Waals surface area (Å²) in [7, 11) is 0. The molecule has 0 radical (unpaired) electrons. The molecular formula is C24H16N4. The molecule has 0 saturated carbocycles. The van der Waals surface area contributed by atoms with Gasteiger partial charge in [0.2, 0.25) is 0 Å². The molecule has 5 aromatic rings. The summed E-state index contributed by atoms with van der Waals surface area (Å²) in [5, 5.41) is 0. The molecule has 0 aliphatic carbocycles. The summed E-state index contributed by atoms with van der Waals surface area (Å²) in [6.45, 7) is 0. The maximum absolute atomic E-state index is 4.83. The largest absolute Gasteiger partial charge is 0.252 e. The van der Waals surface area contributed by atoms with Gasteiger partial charge in [-0.2, -0.15) is 0 Å². The summed E-state index contributed by atoms with van der Waals surface area (Å²) < 4.78 is 0. The Hall–Kier alpha value is -3.92. The third-order valence-electron chi connectivity index (χ3n) is 4.56. The lowest BCUT2D eigenvalue weighted by atomic mass is 10.0. The lowest BCUT2D eigenvalue weighted by Gasteiger charge is -2.09. The van der Waals surface area contributed by atoms with E-state index in [1.54, 1.807) is 12.4 Å². The Morgan fingerprint density at radius 1 is 0.536 bits per heavy atom. The van der Waals surface area contributed by atoms with Crippen LogP contribution >= 0.6 is 0 Å². The first-order chi connectivity index (χ1) is 13.9. The smallest absolute Gasteiger partial charge is 0.0915 e. The predicted molar refractivity (Wildman–Crippen MR) is 112 cm³/mol. The standard InChI is InChI=1S/C24H16N4/c1-2-8-17(9-3-1)14-18(23-15-25-19-10-4-6-12-21(19)27-23)24-16-26-20-11-5-7-13-22(20)28-24/h1-16H. The van der Waals surface area contributed by atoms with Gasteiger partial charge < -0.3 is 0 Å². The number of hydrogen-bond acceptors (Lipinski definition) is 4. The van der Waals surface area contributed by atoms with Gasteiger partial charge in [-0.3, -0.25) is 9.97 Å². The zero-order valence-electron chi connectivity index (χ0n) is 15.0. The van der Waals surface area contributed by atoms with E-state index in [0.717, 1.165) is 44.6 Å². The van der Waals surface area contributed by atoms with Gasteiger partial charge in [-0.15, -0.1) is 0 Å². The highest BCUT2D eigenvalue weighted by molar-refractivity contribution is 5.91. The van der Waals surface area contributed by atoms with E-state index in [1.165, 1.54) is 0 Å². The maximum atomic E-state index is 4.83. The molecular weight excluding hydrogens is 344 g/mol. The molecule has 4 heteroatoms. The highest BCUT2D eigenvalue weighted by atomic mass is 14.8. The molecule has 3 aromatic carbocycles. The molecule has 0 aliphatic heterocycles. The van der Waals surface area contributed by atoms with Crippen LogP contribution in [0.5, 0.6) is 0 Å². The minimum Gasteiger partial charge on any atom is -0.252 e. The summed E-state index contributed by atoms with van der Waals surface area (Å²) in [5.41, 5.74) is 6.95. The van der Waals surface area contributed by atoms with E-state index in [9.17, 15) is 0 Å². The average molecular weight is 360 g/mol. The van der Waals surface area contributed by atoms with Crippen molar-refractivity contribution in [2.45, 2.75) is 0 Å². The van der Waals surface area contributed by atoms with Crippen LogP contribution < -0.4 is 0 Å². The molecule has 5 rings (SSSR count). The quantitative estimate of drug-likeness (QED) is 0.446. The van der Waals surface area contributed by atoms with Crippen molar-refractivity contribution in [2.75, 3.05) is 0 Å². The molecule has 0 N–H and O–H groups in total. The maximum Gasteiger partial charge on any atom is 0.0915 e. The van der Waals surface area contributed by atoms with Crippen molar-refractivity contribution in [3.63, 3.8) is 0 Å². The summed E-state index contributed by atoms with van der Waals surface area (Å²) in [6.07, 6.45) is 5.68. The molecule has 0 amide bonds. The van der Waals surface area contributed by atoms with Crippen LogP contribution in [0.15, 0.2) is 91.3 Å². The van der Waals surface area contributed by atoms with Crippen LogP contribution in [0.4, 0.5) is 0 Å². The van der Waals surface area contributed by atoms with Crippen LogP contribution in [0, 0.1) is 0 Å².